The highest BCUT2D eigenvalue weighted by Crippen LogP contribution is 2.26. The number of amides is 1. The Labute approximate surface area is 187 Å². The molecule has 0 bridgehead atoms. The second-order valence-electron chi connectivity index (χ2n) is 8.02. The Morgan fingerprint density at radius 1 is 1.13 bits per heavy atom. The third-order valence-electron chi connectivity index (χ3n) is 4.49. The number of carbonyl (C=O) groups excluding carboxylic acids is 1. The molecule has 1 aromatic heterocycles. The topological polar surface area (TPSA) is 64.8 Å². The molecule has 1 amide bonds. The highest BCUT2D eigenvalue weighted by Gasteiger charge is 2.22. The molecule has 0 fully saturated rings. The number of ether oxygens (including phenoxy) is 2. The van der Waals surface area contributed by atoms with Crippen molar-refractivity contribution in [2.24, 2.45) is 4.99 Å². The molecule has 6 nitrogen and oxygen atoms in total. The Bertz CT molecular complexity index is 1060. The van der Waals surface area contributed by atoms with Crippen LogP contribution in [0.3, 0.4) is 0 Å². The van der Waals surface area contributed by atoms with Crippen LogP contribution in [0.2, 0.25) is 0 Å². The SMILES string of the molecule is CCC(NC(=O)OC(C)(C)C)n1c(-c2ccc(OC)cc2)csc1=Nc1ccccc1. The van der Waals surface area contributed by atoms with Gasteiger partial charge in [-0.2, -0.15) is 0 Å². The third kappa shape index (κ3) is 5.98. The Hall–Kier alpha value is -3.06. The predicted octanol–water partition coefficient (Wildman–Crippen LogP) is 5.89. The second kappa shape index (κ2) is 9.83. The van der Waals surface area contributed by atoms with E-state index in [-0.39, 0.29) is 6.17 Å². The van der Waals surface area contributed by atoms with Gasteiger partial charge < -0.3 is 14.8 Å². The zero-order chi connectivity index (χ0) is 22.4. The van der Waals surface area contributed by atoms with Crippen LogP contribution >= 0.6 is 11.3 Å². The zero-order valence-electron chi connectivity index (χ0n) is 18.6. The molecule has 1 unspecified atom stereocenters. The summed E-state index contributed by atoms with van der Waals surface area (Å²) in [6.45, 7) is 7.58. The fraction of sp³-hybridized carbons (Fsp3) is 0.333. The molecule has 0 aliphatic carbocycles. The van der Waals surface area contributed by atoms with E-state index in [1.165, 1.54) is 11.3 Å². The Morgan fingerprint density at radius 3 is 2.39 bits per heavy atom. The zero-order valence-corrected chi connectivity index (χ0v) is 19.4. The quantitative estimate of drug-likeness (QED) is 0.521. The predicted molar refractivity (Wildman–Crippen MR) is 125 cm³/mol. The lowest BCUT2D eigenvalue weighted by molar-refractivity contribution is 0.0479. The minimum atomic E-state index is -0.572. The van der Waals surface area contributed by atoms with Gasteiger partial charge in [0.05, 0.1) is 18.5 Å². The maximum absolute atomic E-state index is 12.5. The molecule has 1 atom stereocenters. The molecule has 164 valence electrons. The fourth-order valence-corrected chi connectivity index (χ4v) is 4.05. The summed E-state index contributed by atoms with van der Waals surface area (Å²) in [5.74, 6) is 0.790. The number of methoxy groups -OCH3 is 1. The van der Waals surface area contributed by atoms with Gasteiger partial charge in [0.2, 0.25) is 0 Å². The lowest BCUT2D eigenvalue weighted by Crippen LogP contribution is -2.39. The van der Waals surface area contributed by atoms with Crippen molar-refractivity contribution >= 4 is 23.1 Å². The van der Waals surface area contributed by atoms with E-state index in [1.54, 1.807) is 7.11 Å². The van der Waals surface area contributed by atoms with Gasteiger partial charge >= 0.3 is 6.09 Å². The van der Waals surface area contributed by atoms with E-state index in [0.717, 1.165) is 27.5 Å². The molecular formula is C24H29N3O3S. The molecule has 0 saturated carbocycles. The second-order valence-corrected chi connectivity index (χ2v) is 8.86. The van der Waals surface area contributed by atoms with Crippen molar-refractivity contribution in [1.29, 1.82) is 0 Å². The lowest BCUT2D eigenvalue weighted by atomic mass is 10.1. The number of hydrogen-bond donors (Lipinski definition) is 1. The van der Waals surface area contributed by atoms with Crippen LogP contribution in [0.15, 0.2) is 65.0 Å². The van der Waals surface area contributed by atoms with Crippen molar-refractivity contribution in [3.8, 4) is 17.0 Å². The van der Waals surface area contributed by atoms with Crippen molar-refractivity contribution in [3.05, 3.63) is 64.8 Å². The summed E-state index contributed by atoms with van der Waals surface area (Å²) in [6.07, 6.45) is -0.105. The first-order valence-electron chi connectivity index (χ1n) is 10.2. The molecule has 0 aliphatic rings. The molecule has 3 aromatic rings. The molecule has 3 rings (SSSR count). The highest BCUT2D eigenvalue weighted by molar-refractivity contribution is 7.07. The first-order chi connectivity index (χ1) is 14.8. The van der Waals surface area contributed by atoms with Gasteiger partial charge in [0, 0.05) is 5.38 Å². The Kier molecular flexibility index (Phi) is 7.17. The summed E-state index contributed by atoms with van der Waals surface area (Å²) in [5.41, 5.74) is 2.25. The maximum Gasteiger partial charge on any atom is 0.409 e. The summed E-state index contributed by atoms with van der Waals surface area (Å²) in [4.78, 5) is 18.2. The van der Waals surface area contributed by atoms with Crippen molar-refractivity contribution in [2.45, 2.75) is 45.9 Å². The van der Waals surface area contributed by atoms with Gasteiger partial charge in [-0.25, -0.2) is 9.79 Å². The van der Waals surface area contributed by atoms with Gasteiger partial charge in [-0.3, -0.25) is 4.57 Å². The van der Waals surface area contributed by atoms with Gasteiger partial charge in [0.25, 0.3) is 0 Å². The maximum atomic E-state index is 12.5. The average molecular weight is 440 g/mol. The lowest BCUT2D eigenvalue weighted by Gasteiger charge is -2.25. The molecule has 0 spiro atoms. The molecule has 1 N–H and O–H groups in total. The minimum Gasteiger partial charge on any atom is -0.497 e. The van der Waals surface area contributed by atoms with Gasteiger partial charge in [0.1, 0.15) is 17.5 Å². The van der Waals surface area contributed by atoms with Gasteiger partial charge in [-0.15, -0.1) is 11.3 Å². The Balaban J connectivity index is 2.07. The number of rotatable bonds is 6. The largest absolute Gasteiger partial charge is 0.497 e. The normalized spacial score (nSPS) is 13.0. The molecular weight excluding hydrogens is 410 g/mol. The summed E-state index contributed by atoms with van der Waals surface area (Å²) >= 11 is 1.53. The van der Waals surface area contributed by atoms with Crippen LogP contribution in [0.1, 0.15) is 40.3 Å². The molecule has 7 heteroatoms. The van der Waals surface area contributed by atoms with E-state index in [2.05, 4.69) is 15.3 Å². The van der Waals surface area contributed by atoms with Crippen LogP contribution < -0.4 is 14.9 Å². The third-order valence-corrected chi connectivity index (χ3v) is 5.33. The smallest absolute Gasteiger partial charge is 0.409 e. The highest BCUT2D eigenvalue weighted by atomic mass is 32.1. The van der Waals surface area contributed by atoms with Crippen LogP contribution in [-0.4, -0.2) is 23.4 Å². The number of thiazole rings is 1. The summed E-state index contributed by atoms with van der Waals surface area (Å²) in [7, 11) is 1.65. The fourth-order valence-electron chi connectivity index (χ4n) is 3.08. The summed E-state index contributed by atoms with van der Waals surface area (Å²) in [5, 5.41) is 5.07. The monoisotopic (exact) mass is 439 g/mol. The molecule has 0 aliphatic heterocycles. The van der Waals surface area contributed by atoms with E-state index in [0.29, 0.717) is 6.42 Å². The van der Waals surface area contributed by atoms with Crippen LogP contribution in [0.5, 0.6) is 5.75 Å². The molecule has 0 saturated heterocycles. The number of aromatic nitrogens is 1. The average Bonchev–Trinajstić information content (AvgIpc) is 3.15. The number of nitrogens with one attached hydrogen (secondary N) is 1. The van der Waals surface area contributed by atoms with Crippen molar-refractivity contribution in [3.63, 3.8) is 0 Å². The van der Waals surface area contributed by atoms with E-state index in [9.17, 15) is 4.79 Å². The van der Waals surface area contributed by atoms with Gasteiger partial charge in [-0.1, -0.05) is 25.1 Å². The summed E-state index contributed by atoms with van der Waals surface area (Å²) < 4.78 is 12.8. The van der Waals surface area contributed by atoms with Crippen molar-refractivity contribution in [1.82, 2.24) is 9.88 Å². The van der Waals surface area contributed by atoms with E-state index >= 15 is 0 Å². The number of alkyl carbamates (subject to hydrolysis) is 1. The number of carbonyl (C=O) groups is 1. The molecule has 31 heavy (non-hydrogen) atoms. The van der Waals surface area contributed by atoms with Crippen molar-refractivity contribution in [2.75, 3.05) is 7.11 Å². The van der Waals surface area contributed by atoms with E-state index in [1.807, 2.05) is 82.3 Å². The summed E-state index contributed by atoms with van der Waals surface area (Å²) in [6, 6.07) is 17.6. The molecule has 0 radical (unpaired) electrons. The van der Waals surface area contributed by atoms with Crippen LogP contribution in [-0.2, 0) is 4.74 Å². The standard InChI is InChI=1S/C24H29N3O3S/c1-6-21(26-23(28)30-24(2,3)4)27-20(17-12-14-19(29-5)15-13-17)16-31-22(27)25-18-10-8-7-9-11-18/h7-16,21H,6H2,1-5H3,(H,26,28). The van der Waals surface area contributed by atoms with E-state index < -0.39 is 11.7 Å². The van der Waals surface area contributed by atoms with Crippen LogP contribution in [0.4, 0.5) is 10.5 Å². The van der Waals surface area contributed by atoms with E-state index in [4.69, 9.17) is 14.5 Å². The number of hydrogen-bond acceptors (Lipinski definition) is 5. The minimum absolute atomic E-state index is 0.319. The number of nitrogens with zero attached hydrogens (tertiary/aromatic N) is 2. The Morgan fingerprint density at radius 2 is 1.81 bits per heavy atom. The van der Waals surface area contributed by atoms with Gasteiger partial charge in [-0.05, 0) is 69.2 Å². The van der Waals surface area contributed by atoms with Crippen LogP contribution in [0, 0.1) is 0 Å². The number of para-hydroxylation sites is 1. The number of benzene rings is 2. The van der Waals surface area contributed by atoms with Crippen molar-refractivity contribution < 1.29 is 14.3 Å². The molecule has 1 heterocycles. The van der Waals surface area contributed by atoms with Crippen LogP contribution in [0.25, 0.3) is 11.3 Å². The van der Waals surface area contributed by atoms with Gasteiger partial charge in [0.15, 0.2) is 4.80 Å². The molecule has 2 aromatic carbocycles. The first-order valence-corrected chi connectivity index (χ1v) is 11.1. The first kappa shape index (κ1) is 22.6.